The van der Waals surface area contributed by atoms with Gasteiger partial charge < -0.3 is 4.90 Å². The average Bonchev–Trinajstić information content (AvgIpc) is 2.02. The van der Waals surface area contributed by atoms with E-state index in [-0.39, 0.29) is 0 Å². The van der Waals surface area contributed by atoms with Crippen molar-refractivity contribution >= 4 is 0 Å². The largest absolute Gasteiger partial charge is 0.303 e. The molecule has 0 spiro atoms. The Morgan fingerprint density at radius 2 is 2.31 bits per heavy atom. The molecule has 0 saturated carbocycles. The van der Waals surface area contributed by atoms with Crippen LogP contribution >= 0.6 is 0 Å². The summed E-state index contributed by atoms with van der Waals surface area (Å²) in [5.74, 6) is -0.446. The van der Waals surface area contributed by atoms with Crippen molar-refractivity contribution in [1.82, 2.24) is 4.90 Å². The molecular formula is C10H15F2N. The highest BCUT2D eigenvalue weighted by Crippen LogP contribution is 2.21. The summed E-state index contributed by atoms with van der Waals surface area (Å²) >= 11 is 0. The first-order valence-electron chi connectivity index (χ1n) is 4.51. The molecule has 0 radical (unpaired) electrons. The van der Waals surface area contributed by atoms with Crippen LogP contribution in [0.3, 0.4) is 0 Å². The van der Waals surface area contributed by atoms with E-state index in [1.54, 1.807) is 0 Å². The quantitative estimate of drug-likeness (QED) is 0.656. The Bertz CT molecular complexity index is 233. The third kappa shape index (κ3) is 3.27. The maximum Gasteiger partial charge on any atom is 0.125 e. The van der Waals surface area contributed by atoms with Crippen LogP contribution in [-0.2, 0) is 0 Å². The Balaban J connectivity index is 2.56. The van der Waals surface area contributed by atoms with Gasteiger partial charge in [-0.2, -0.15) is 0 Å². The molecule has 1 aliphatic rings. The fourth-order valence-corrected chi connectivity index (χ4v) is 1.35. The Morgan fingerprint density at radius 1 is 1.62 bits per heavy atom. The zero-order valence-corrected chi connectivity index (χ0v) is 8.06. The van der Waals surface area contributed by atoms with Crippen LogP contribution in [0.5, 0.6) is 0 Å². The maximum absolute atomic E-state index is 12.9. The van der Waals surface area contributed by atoms with Crippen LogP contribution in [0.25, 0.3) is 0 Å². The van der Waals surface area contributed by atoms with Crippen molar-refractivity contribution in [3.8, 4) is 0 Å². The van der Waals surface area contributed by atoms with E-state index in [1.807, 2.05) is 18.9 Å². The third-order valence-corrected chi connectivity index (χ3v) is 2.15. The molecule has 13 heavy (non-hydrogen) atoms. The van der Waals surface area contributed by atoms with Crippen LogP contribution in [-0.4, -0.2) is 31.2 Å². The zero-order valence-electron chi connectivity index (χ0n) is 8.06. The van der Waals surface area contributed by atoms with Crippen LogP contribution in [0.15, 0.2) is 23.6 Å². The monoisotopic (exact) mass is 187 g/mol. The maximum atomic E-state index is 12.9. The van der Waals surface area contributed by atoms with Crippen molar-refractivity contribution in [3.05, 3.63) is 23.6 Å². The van der Waals surface area contributed by atoms with Crippen LogP contribution in [0.1, 0.15) is 13.3 Å². The summed E-state index contributed by atoms with van der Waals surface area (Å²) < 4.78 is 25.6. The van der Waals surface area contributed by atoms with Crippen LogP contribution in [0, 0.1) is 0 Å². The van der Waals surface area contributed by atoms with Crippen molar-refractivity contribution in [1.29, 1.82) is 0 Å². The molecule has 0 aliphatic heterocycles. The first-order valence-corrected chi connectivity index (χ1v) is 4.51. The number of halogens is 2. The van der Waals surface area contributed by atoms with Gasteiger partial charge in [0.25, 0.3) is 0 Å². The molecule has 0 N–H and O–H groups in total. The second-order valence-electron chi connectivity index (χ2n) is 3.40. The molecule has 0 aromatic heterocycles. The molecule has 74 valence electrons. The van der Waals surface area contributed by atoms with E-state index >= 15 is 0 Å². The Labute approximate surface area is 77.7 Å². The summed E-state index contributed by atoms with van der Waals surface area (Å²) in [7, 11) is 1.93. The van der Waals surface area contributed by atoms with Gasteiger partial charge >= 0.3 is 0 Å². The van der Waals surface area contributed by atoms with Gasteiger partial charge in [-0.1, -0.05) is 12.5 Å². The number of hydrogen-bond donors (Lipinski definition) is 0. The molecule has 0 aromatic rings. The molecule has 0 fully saturated rings. The highest BCUT2D eigenvalue weighted by molar-refractivity contribution is 5.26. The van der Waals surface area contributed by atoms with Crippen molar-refractivity contribution in [2.75, 3.05) is 20.1 Å². The van der Waals surface area contributed by atoms with E-state index in [4.69, 9.17) is 0 Å². The molecule has 1 nitrogen and oxygen atoms in total. The van der Waals surface area contributed by atoms with Gasteiger partial charge in [0.2, 0.25) is 0 Å². The average molecular weight is 187 g/mol. The summed E-state index contributed by atoms with van der Waals surface area (Å²) in [6.07, 6.45) is 1.64. The first kappa shape index (κ1) is 10.4. The molecule has 1 rings (SSSR count). The van der Waals surface area contributed by atoms with Gasteiger partial charge in [0.1, 0.15) is 12.0 Å². The summed E-state index contributed by atoms with van der Waals surface area (Å²) in [6.45, 7) is 3.56. The minimum absolute atomic E-state index is 0.331. The van der Waals surface area contributed by atoms with Crippen molar-refractivity contribution in [2.45, 2.75) is 19.5 Å². The van der Waals surface area contributed by atoms with E-state index in [2.05, 4.69) is 0 Å². The van der Waals surface area contributed by atoms with Gasteiger partial charge in [-0.25, -0.2) is 8.78 Å². The first-order chi connectivity index (χ1) is 6.11. The van der Waals surface area contributed by atoms with Crippen molar-refractivity contribution < 1.29 is 8.78 Å². The lowest BCUT2D eigenvalue weighted by Gasteiger charge is -2.19. The highest BCUT2D eigenvalue weighted by atomic mass is 19.1. The predicted molar refractivity (Wildman–Crippen MR) is 50.0 cm³/mol. The van der Waals surface area contributed by atoms with Gasteiger partial charge in [0.05, 0.1) is 0 Å². The lowest BCUT2D eigenvalue weighted by atomic mass is 10.0. The normalized spacial score (nSPS) is 23.0. The van der Waals surface area contributed by atoms with E-state index < -0.39 is 12.0 Å². The topological polar surface area (TPSA) is 3.24 Å². The lowest BCUT2D eigenvalue weighted by molar-refractivity contribution is 0.345. The minimum atomic E-state index is -1.15. The molecular weight excluding hydrogens is 172 g/mol. The fourth-order valence-electron chi connectivity index (χ4n) is 1.35. The van der Waals surface area contributed by atoms with Gasteiger partial charge in [-0.05, 0) is 25.7 Å². The van der Waals surface area contributed by atoms with Crippen LogP contribution in [0.4, 0.5) is 8.78 Å². The molecule has 0 amide bonds. The highest BCUT2D eigenvalue weighted by Gasteiger charge is 2.14. The molecule has 1 atom stereocenters. The van der Waals surface area contributed by atoms with Gasteiger partial charge in [-0.3, -0.25) is 0 Å². The van der Waals surface area contributed by atoms with Crippen LogP contribution < -0.4 is 0 Å². The predicted octanol–water partition coefficient (Wildman–Crippen LogP) is 2.46. The van der Waals surface area contributed by atoms with Crippen LogP contribution in [0.2, 0.25) is 0 Å². The summed E-state index contributed by atoms with van der Waals surface area (Å²) in [5.41, 5.74) is 0.830. The number of hydrogen-bond acceptors (Lipinski definition) is 1. The number of rotatable bonds is 3. The van der Waals surface area contributed by atoms with Crippen molar-refractivity contribution in [2.24, 2.45) is 0 Å². The molecule has 0 bridgehead atoms. The van der Waals surface area contributed by atoms with Gasteiger partial charge in [0.15, 0.2) is 0 Å². The number of alkyl halides is 1. The number of likely N-dealkylation sites (N-methyl/N-ethyl adjacent to an activating group) is 1. The smallest absolute Gasteiger partial charge is 0.125 e. The second-order valence-corrected chi connectivity index (χ2v) is 3.40. The Kier molecular flexibility index (Phi) is 3.60. The molecule has 1 aliphatic carbocycles. The fraction of sp³-hybridized carbons (Fsp3) is 0.600. The van der Waals surface area contributed by atoms with Crippen molar-refractivity contribution in [3.63, 3.8) is 0 Å². The Hall–Kier alpha value is -0.700. The van der Waals surface area contributed by atoms with E-state index in [0.717, 1.165) is 18.2 Å². The minimum Gasteiger partial charge on any atom is -0.303 e. The summed E-state index contributed by atoms with van der Waals surface area (Å²) in [5, 5.41) is 0. The number of allylic oxidation sites excluding steroid dienone is 3. The molecule has 0 heterocycles. The standard InChI is InChI=1S/C10H15F2N/c1-3-13(2)7-8-4-9(11)6-10(12)5-8/h4,6,10H,3,5,7H2,1-2H3. The Morgan fingerprint density at radius 3 is 2.85 bits per heavy atom. The van der Waals surface area contributed by atoms with E-state index in [0.29, 0.717) is 13.0 Å². The summed E-state index contributed by atoms with van der Waals surface area (Å²) in [6, 6.07) is 0. The molecule has 0 aromatic carbocycles. The van der Waals surface area contributed by atoms with Gasteiger partial charge in [-0.15, -0.1) is 0 Å². The summed E-state index contributed by atoms with van der Waals surface area (Å²) in [4.78, 5) is 2.02. The van der Waals surface area contributed by atoms with E-state index in [1.165, 1.54) is 6.08 Å². The number of nitrogens with zero attached hydrogens (tertiary/aromatic N) is 1. The van der Waals surface area contributed by atoms with Gasteiger partial charge in [0, 0.05) is 13.0 Å². The zero-order chi connectivity index (χ0) is 9.84. The lowest BCUT2D eigenvalue weighted by Crippen LogP contribution is -2.22. The third-order valence-electron chi connectivity index (χ3n) is 2.15. The molecule has 3 heteroatoms. The molecule has 0 saturated heterocycles. The molecule has 1 unspecified atom stereocenters. The SMILES string of the molecule is CCN(C)CC1=CC(F)=CC(F)C1. The second kappa shape index (κ2) is 4.51. The van der Waals surface area contributed by atoms with E-state index in [9.17, 15) is 8.78 Å².